The molecule has 2 bridgehead atoms. The second-order valence-corrected chi connectivity index (χ2v) is 12.6. The van der Waals surface area contributed by atoms with Crippen LogP contribution in [0.25, 0.3) is 32.9 Å². The maximum Gasteiger partial charge on any atom is 0.216 e. The third-order valence-corrected chi connectivity index (χ3v) is 9.93. The highest BCUT2D eigenvalue weighted by molar-refractivity contribution is 6.03. The zero-order chi connectivity index (χ0) is 29.3. The van der Waals surface area contributed by atoms with E-state index in [0.29, 0.717) is 64.8 Å². The number of anilines is 1. The van der Waals surface area contributed by atoms with Crippen molar-refractivity contribution in [3.05, 3.63) is 54.0 Å². The standard InChI is InChI=1S/C34H33F2N5O2/c1-2-20-5-3-6-21-11-25(42)12-26(30(20)21)32-31(36)33-27(15-37-32)28(40-17-23-7-8-24(18-40)38-23)13-29(39-33)43-19-34-9-4-10-41(34)16-22(35)14-34/h1,3,5-6,11-13,15,22-24,38,42H,4,7-10,14,16-19H2/t22-,23-,24+,34+/m1/s1. The smallest absolute Gasteiger partial charge is 0.216 e. The molecule has 2 N–H and O–H groups in total. The van der Waals surface area contributed by atoms with Crippen LogP contribution in [0.2, 0.25) is 0 Å². The summed E-state index contributed by atoms with van der Waals surface area (Å²) in [6.45, 7) is 3.20. The number of piperazine rings is 1. The lowest BCUT2D eigenvalue weighted by molar-refractivity contribution is 0.111. The van der Waals surface area contributed by atoms with Crippen molar-refractivity contribution in [1.29, 1.82) is 0 Å². The number of fused-ring (bicyclic) bond motifs is 5. The number of aromatic nitrogens is 2. The highest BCUT2D eigenvalue weighted by atomic mass is 19.1. The molecule has 9 heteroatoms. The number of phenolic OH excluding ortho intramolecular Hbond substituents is 1. The van der Waals surface area contributed by atoms with E-state index in [1.807, 2.05) is 18.2 Å². The number of halogens is 2. The topological polar surface area (TPSA) is 73.8 Å². The van der Waals surface area contributed by atoms with Crippen LogP contribution in [0.3, 0.4) is 0 Å². The molecule has 2 aromatic heterocycles. The van der Waals surface area contributed by atoms with E-state index < -0.39 is 12.0 Å². The Kier molecular flexibility index (Phi) is 6.21. The van der Waals surface area contributed by atoms with Gasteiger partial charge in [0.1, 0.15) is 29.7 Å². The van der Waals surface area contributed by atoms with Crippen LogP contribution < -0.4 is 15.0 Å². The van der Waals surface area contributed by atoms with Crippen molar-refractivity contribution in [3.63, 3.8) is 0 Å². The van der Waals surface area contributed by atoms with Gasteiger partial charge in [-0.05, 0) is 55.8 Å². The lowest BCUT2D eigenvalue weighted by atomic mass is 9.95. The summed E-state index contributed by atoms with van der Waals surface area (Å²) in [6.07, 6.45) is 11.2. The molecule has 8 rings (SSSR count). The van der Waals surface area contributed by atoms with Crippen LogP contribution in [0, 0.1) is 18.2 Å². The van der Waals surface area contributed by atoms with Crippen LogP contribution in [0.4, 0.5) is 14.5 Å². The Morgan fingerprint density at radius 3 is 2.81 bits per heavy atom. The lowest BCUT2D eigenvalue weighted by Crippen LogP contribution is -2.51. The highest BCUT2D eigenvalue weighted by Gasteiger charge is 2.49. The van der Waals surface area contributed by atoms with Gasteiger partial charge < -0.3 is 20.1 Å². The molecule has 6 heterocycles. The number of benzene rings is 2. The molecule has 4 aliphatic heterocycles. The van der Waals surface area contributed by atoms with E-state index in [1.165, 1.54) is 6.07 Å². The first kappa shape index (κ1) is 26.6. The van der Waals surface area contributed by atoms with E-state index in [9.17, 15) is 9.50 Å². The van der Waals surface area contributed by atoms with Gasteiger partial charge in [0.2, 0.25) is 5.88 Å². The molecule has 2 aromatic carbocycles. The largest absolute Gasteiger partial charge is 0.508 e. The van der Waals surface area contributed by atoms with E-state index in [-0.39, 0.29) is 22.5 Å². The van der Waals surface area contributed by atoms with Gasteiger partial charge in [-0.25, -0.2) is 13.8 Å². The van der Waals surface area contributed by atoms with Gasteiger partial charge in [0.15, 0.2) is 5.82 Å². The van der Waals surface area contributed by atoms with Crippen LogP contribution in [-0.4, -0.2) is 76.6 Å². The summed E-state index contributed by atoms with van der Waals surface area (Å²) < 4.78 is 37.6. The zero-order valence-corrected chi connectivity index (χ0v) is 23.8. The molecule has 4 saturated heterocycles. The Morgan fingerprint density at radius 2 is 2.00 bits per heavy atom. The minimum Gasteiger partial charge on any atom is -0.508 e. The van der Waals surface area contributed by atoms with Crippen molar-refractivity contribution in [1.82, 2.24) is 20.2 Å². The average molecular weight is 582 g/mol. The molecule has 0 radical (unpaired) electrons. The quantitative estimate of drug-likeness (QED) is 0.315. The normalized spacial score (nSPS) is 26.7. The van der Waals surface area contributed by atoms with Crippen LogP contribution in [0.5, 0.6) is 11.6 Å². The Bertz CT molecular complexity index is 1800. The van der Waals surface area contributed by atoms with Crippen LogP contribution in [-0.2, 0) is 0 Å². The summed E-state index contributed by atoms with van der Waals surface area (Å²) >= 11 is 0. The summed E-state index contributed by atoms with van der Waals surface area (Å²) in [5.74, 6) is 2.39. The third-order valence-electron chi connectivity index (χ3n) is 9.93. The number of terminal acetylenes is 1. The van der Waals surface area contributed by atoms with Gasteiger partial charge in [-0.1, -0.05) is 18.1 Å². The fraction of sp³-hybridized carbons (Fsp3) is 0.412. The number of nitrogens with zero attached hydrogens (tertiary/aromatic N) is 4. The molecule has 43 heavy (non-hydrogen) atoms. The van der Waals surface area contributed by atoms with Crippen molar-refractivity contribution in [3.8, 4) is 35.2 Å². The van der Waals surface area contributed by atoms with Gasteiger partial charge in [-0.3, -0.25) is 9.88 Å². The first-order chi connectivity index (χ1) is 20.9. The average Bonchev–Trinajstić information content (AvgIpc) is 3.65. The van der Waals surface area contributed by atoms with Crippen molar-refractivity contribution in [2.24, 2.45) is 0 Å². The molecular weight excluding hydrogens is 548 g/mol. The SMILES string of the molecule is C#Cc1cccc2cc(O)cc(-c3ncc4c(N5C[C@H]6CC[C@@H](C5)N6)cc(OC[C@@]56CCCN5C[C@H](F)C6)nc4c3F)c12. The first-order valence-corrected chi connectivity index (χ1v) is 15.2. The number of phenols is 1. The molecule has 7 nitrogen and oxygen atoms in total. The maximum atomic E-state index is 16.7. The summed E-state index contributed by atoms with van der Waals surface area (Å²) in [7, 11) is 0. The summed E-state index contributed by atoms with van der Waals surface area (Å²) in [5, 5.41) is 16.1. The summed E-state index contributed by atoms with van der Waals surface area (Å²) in [4.78, 5) is 13.8. The molecule has 4 aromatic rings. The summed E-state index contributed by atoms with van der Waals surface area (Å²) in [6, 6.07) is 11.2. The van der Waals surface area contributed by atoms with E-state index in [1.54, 1.807) is 18.3 Å². The number of aromatic hydroxyl groups is 1. The van der Waals surface area contributed by atoms with E-state index in [0.717, 1.165) is 51.0 Å². The molecule has 0 aliphatic carbocycles. The molecular formula is C34H33F2N5O2. The predicted octanol–water partition coefficient (Wildman–Crippen LogP) is 5.17. The number of hydrogen-bond acceptors (Lipinski definition) is 7. The fourth-order valence-corrected chi connectivity index (χ4v) is 8.00. The molecule has 4 atom stereocenters. The predicted molar refractivity (Wildman–Crippen MR) is 163 cm³/mol. The third kappa shape index (κ3) is 4.38. The Balaban J connectivity index is 1.27. The second kappa shape index (κ2) is 10.0. The Hall–Kier alpha value is -4.00. The van der Waals surface area contributed by atoms with Crippen molar-refractivity contribution >= 4 is 27.4 Å². The molecule has 220 valence electrons. The van der Waals surface area contributed by atoms with Gasteiger partial charge in [-0.15, -0.1) is 6.42 Å². The molecule has 0 saturated carbocycles. The number of rotatable bonds is 5. The van der Waals surface area contributed by atoms with Crippen molar-refractivity contribution in [2.45, 2.75) is 55.9 Å². The van der Waals surface area contributed by atoms with Crippen molar-refractivity contribution in [2.75, 3.05) is 37.7 Å². The number of nitrogens with one attached hydrogen (secondary N) is 1. The van der Waals surface area contributed by atoms with E-state index in [2.05, 4.69) is 26.0 Å². The van der Waals surface area contributed by atoms with Crippen LogP contribution >= 0.6 is 0 Å². The van der Waals surface area contributed by atoms with E-state index >= 15 is 4.39 Å². The molecule has 4 aliphatic rings. The molecule has 0 amide bonds. The number of ether oxygens (including phenoxy) is 1. The second-order valence-electron chi connectivity index (χ2n) is 12.6. The highest BCUT2D eigenvalue weighted by Crippen LogP contribution is 2.42. The lowest BCUT2D eigenvalue weighted by Gasteiger charge is -2.35. The summed E-state index contributed by atoms with van der Waals surface area (Å²) in [5.41, 5.74) is 1.67. The minimum atomic E-state index is -0.864. The Morgan fingerprint density at radius 1 is 1.16 bits per heavy atom. The molecule has 4 fully saturated rings. The van der Waals surface area contributed by atoms with Gasteiger partial charge in [-0.2, -0.15) is 0 Å². The molecule has 0 spiro atoms. The first-order valence-electron chi connectivity index (χ1n) is 15.2. The monoisotopic (exact) mass is 581 g/mol. The fourth-order valence-electron chi connectivity index (χ4n) is 8.00. The van der Waals surface area contributed by atoms with Crippen molar-refractivity contribution < 1.29 is 18.6 Å². The number of hydrogen-bond donors (Lipinski definition) is 2. The van der Waals surface area contributed by atoms with E-state index in [4.69, 9.17) is 16.1 Å². The van der Waals surface area contributed by atoms with Gasteiger partial charge in [0.05, 0.1) is 11.2 Å². The van der Waals surface area contributed by atoms with Crippen LogP contribution in [0.15, 0.2) is 42.6 Å². The Labute approximate surface area is 248 Å². The maximum absolute atomic E-state index is 16.7. The minimum absolute atomic E-state index is 0.0110. The number of pyridine rings is 2. The van der Waals surface area contributed by atoms with Gasteiger partial charge in [0, 0.05) is 72.3 Å². The van der Waals surface area contributed by atoms with Crippen LogP contribution in [0.1, 0.15) is 37.7 Å². The molecule has 0 unspecified atom stereocenters. The van der Waals surface area contributed by atoms with Gasteiger partial charge >= 0.3 is 0 Å². The van der Waals surface area contributed by atoms with Gasteiger partial charge in [0.25, 0.3) is 0 Å². The zero-order valence-electron chi connectivity index (χ0n) is 23.8. The number of alkyl halides is 1.